The van der Waals surface area contributed by atoms with Crippen LogP contribution in [-0.2, 0) is 16.1 Å². The van der Waals surface area contributed by atoms with Crippen LogP contribution in [-0.4, -0.2) is 32.6 Å². The number of benzene rings is 1. The number of alkyl carbamates (subject to hydrolysis) is 1. The van der Waals surface area contributed by atoms with Gasteiger partial charge in [0.1, 0.15) is 12.0 Å². The molecule has 23 heavy (non-hydrogen) atoms. The first-order valence-corrected chi connectivity index (χ1v) is 7.79. The Hall–Kier alpha value is -2.55. The van der Waals surface area contributed by atoms with Gasteiger partial charge >= 0.3 is 6.09 Å². The second kappa shape index (κ2) is 6.29. The van der Waals surface area contributed by atoms with Gasteiger partial charge in [0, 0.05) is 18.3 Å². The van der Waals surface area contributed by atoms with Crippen molar-refractivity contribution in [2.45, 2.75) is 23.8 Å². The third-order valence-corrected chi connectivity index (χ3v) is 4.73. The number of carbonyl (C=O) groups is 2. The Labute approximate surface area is 135 Å². The molecular weight excluding hydrogens is 322 g/mol. The van der Waals surface area contributed by atoms with Crippen molar-refractivity contribution in [2.75, 3.05) is 0 Å². The Morgan fingerprint density at radius 2 is 2.17 bits per heavy atom. The summed E-state index contributed by atoms with van der Waals surface area (Å²) in [5, 5.41) is 13.1. The van der Waals surface area contributed by atoms with Gasteiger partial charge in [0.05, 0.1) is 16.7 Å². The first-order valence-electron chi connectivity index (χ1n) is 6.84. The molecule has 0 aliphatic carbocycles. The van der Waals surface area contributed by atoms with Crippen molar-refractivity contribution in [2.24, 2.45) is 0 Å². The number of nitro benzene ring substituents is 1. The van der Waals surface area contributed by atoms with Crippen molar-refractivity contribution < 1.29 is 19.2 Å². The molecule has 0 bridgehead atoms. The van der Waals surface area contributed by atoms with E-state index in [1.165, 1.54) is 23.9 Å². The van der Waals surface area contributed by atoms with Crippen LogP contribution in [0.4, 0.5) is 10.5 Å². The van der Waals surface area contributed by atoms with E-state index in [4.69, 9.17) is 4.74 Å². The van der Waals surface area contributed by atoms with E-state index in [0.717, 1.165) is 0 Å². The molecular formula is C14H13N3O5S. The van der Waals surface area contributed by atoms with E-state index in [9.17, 15) is 19.7 Å². The van der Waals surface area contributed by atoms with E-state index in [1.807, 2.05) is 0 Å². The minimum absolute atomic E-state index is 0.0125. The van der Waals surface area contributed by atoms with Crippen molar-refractivity contribution in [3.63, 3.8) is 0 Å². The van der Waals surface area contributed by atoms with E-state index >= 15 is 0 Å². The topological polar surface area (TPSA) is 102 Å². The van der Waals surface area contributed by atoms with Gasteiger partial charge in [-0.1, -0.05) is 0 Å². The van der Waals surface area contributed by atoms with E-state index in [-0.39, 0.29) is 28.9 Å². The lowest BCUT2D eigenvalue weighted by atomic mass is 10.2. The number of ether oxygens (including phenoxy) is 1. The summed E-state index contributed by atoms with van der Waals surface area (Å²) < 4.78 is 5.08. The number of amides is 2. The Balaban J connectivity index is 1.46. The molecule has 1 N–H and O–H groups in total. The minimum Gasteiger partial charge on any atom is -0.445 e. The maximum atomic E-state index is 11.8. The van der Waals surface area contributed by atoms with E-state index in [1.54, 1.807) is 29.3 Å². The number of carbonyl (C=O) groups excluding carboxylic acids is 2. The Morgan fingerprint density at radius 1 is 1.43 bits per heavy atom. The highest BCUT2D eigenvalue weighted by Crippen LogP contribution is 2.35. The number of nitro groups is 1. The molecule has 1 aromatic carbocycles. The van der Waals surface area contributed by atoms with Crippen molar-refractivity contribution in [1.29, 1.82) is 0 Å². The van der Waals surface area contributed by atoms with Gasteiger partial charge in [0.25, 0.3) is 5.69 Å². The fourth-order valence-electron chi connectivity index (χ4n) is 2.18. The Bertz CT molecular complexity index is 675. The van der Waals surface area contributed by atoms with Crippen LogP contribution in [0.1, 0.15) is 12.0 Å². The molecule has 1 aromatic rings. The number of thioether (sulfide) groups is 1. The third-order valence-electron chi connectivity index (χ3n) is 3.45. The second-order valence-electron chi connectivity index (χ2n) is 5.00. The Morgan fingerprint density at radius 3 is 2.78 bits per heavy atom. The lowest BCUT2D eigenvalue weighted by Gasteiger charge is -2.41. The highest BCUT2D eigenvalue weighted by molar-refractivity contribution is 8.00. The summed E-state index contributed by atoms with van der Waals surface area (Å²) in [6.07, 6.45) is 3.30. The summed E-state index contributed by atoms with van der Waals surface area (Å²) in [6.45, 7) is 0.0268. The Kier molecular flexibility index (Phi) is 4.20. The minimum atomic E-state index is -0.579. The molecule has 0 spiro atoms. The quantitative estimate of drug-likeness (QED) is 0.513. The molecule has 0 radical (unpaired) electrons. The molecule has 9 heteroatoms. The standard InChI is InChI=1S/C14H13N3O5S/c18-12-7-13-16(12)6-5-11(23-13)15-14(19)22-8-9-1-3-10(4-2-9)17(20)21/h1-6,11,13H,7-8H2,(H,15,19)/t11?,13-/m1/s1. The number of β-lactam (4-membered cyclic amide) rings is 1. The summed E-state index contributed by atoms with van der Waals surface area (Å²) in [4.78, 5) is 34.7. The monoisotopic (exact) mass is 335 g/mol. The van der Waals surface area contributed by atoms with Gasteiger partial charge < -0.3 is 15.0 Å². The number of nitrogens with one attached hydrogen (secondary N) is 1. The average molecular weight is 335 g/mol. The van der Waals surface area contributed by atoms with Gasteiger partial charge in [0.15, 0.2) is 0 Å². The van der Waals surface area contributed by atoms with Gasteiger partial charge in [-0.2, -0.15) is 0 Å². The van der Waals surface area contributed by atoms with Gasteiger partial charge in [-0.25, -0.2) is 4.79 Å². The molecule has 1 saturated heterocycles. The maximum Gasteiger partial charge on any atom is 0.408 e. The van der Waals surface area contributed by atoms with Crippen LogP contribution < -0.4 is 5.32 Å². The van der Waals surface area contributed by atoms with Crippen LogP contribution in [0.2, 0.25) is 0 Å². The predicted octanol–water partition coefficient (Wildman–Crippen LogP) is 1.97. The molecule has 2 amide bonds. The second-order valence-corrected chi connectivity index (χ2v) is 6.33. The molecule has 0 aromatic heterocycles. The number of nitrogens with zero attached hydrogens (tertiary/aromatic N) is 2. The van der Waals surface area contributed by atoms with Crippen LogP contribution in [0.3, 0.4) is 0 Å². The molecule has 0 saturated carbocycles. The number of hydrogen-bond acceptors (Lipinski definition) is 6. The highest BCUT2D eigenvalue weighted by atomic mass is 32.2. The van der Waals surface area contributed by atoms with Crippen molar-refractivity contribution in [1.82, 2.24) is 10.2 Å². The molecule has 120 valence electrons. The largest absolute Gasteiger partial charge is 0.445 e. The van der Waals surface area contributed by atoms with Crippen molar-refractivity contribution >= 4 is 29.4 Å². The first kappa shape index (κ1) is 15.3. The zero-order valence-corrected chi connectivity index (χ0v) is 12.7. The van der Waals surface area contributed by atoms with Gasteiger partial charge in [-0.3, -0.25) is 14.9 Å². The molecule has 3 rings (SSSR count). The van der Waals surface area contributed by atoms with Crippen molar-refractivity contribution in [3.05, 3.63) is 52.2 Å². The summed E-state index contributed by atoms with van der Waals surface area (Å²) in [5.41, 5.74) is 0.648. The van der Waals surface area contributed by atoms with Gasteiger partial charge in [-0.05, 0) is 23.8 Å². The summed E-state index contributed by atoms with van der Waals surface area (Å²) in [6, 6.07) is 5.80. The summed E-state index contributed by atoms with van der Waals surface area (Å²) in [7, 11) is 0. The number of non-ortho nitro benzene ring substituents is 1. The smallest absolute Gasteiger partial charge is 0.408 e. The van der Waals surface area contributed by atoms with E-state index < -0.39 is 11.0 Å². The molecule has 2 atom stereocenters. The molecule has 1 fully saturated rings. The lowest BCUT2D eigenvalue weighted by Crippen LogP contribution is -2.51. The fourth-order valence-corrected chi connectivity index (χ4v) is 3.40. The van der Waals surface area contributed by atoms with Crippen LogP contribution in [0.15, 0.2) is 36.5 Å². The molecule has 1 unspecified atom stereocenters. The zero-order valence-electron chi connectivity index (χ0n) is 11.9. The first-order chi connectivity index (χ1) is 11.0. The number of hydrogen-bond donors (Lipinski definition) is 1. The van der Waals surface area contributed by atoms with Crippen LogP contribution >= 0.6 is 11.8 Å². The third kappa shape index (κ3) is 3.45. The molecule has 2 heterocycles. The average Bonchev–Trinajstić information content (AvgIpc) is 2.52. The highest BCUT2D eigenvalue weighted by Gasteiger charge is 2.39. The van der Waals surface area contributed by atoms with Gasteiger partial charge in [-0.15, -0.1) is 11.8 Å². The van der Waals surface area contributed by atoms with E-state index in [0.29, 0.717) is 12.0 Å². The van der Waals surface area contributed by atoms with E-state index in [2.05, 4.69) is 5.32 Å². The zero-order chi connectivity index (χ0) is 16.4. The van der Waals surface area contributed by atoms with Gasteiger partial charge in [0.2, 0.25) is 5.91 Å². The molecule has 2 aliphatic rings. The number of fused-ring (bicyclic) bond motifs is 1. The fraction of sp³-hybridized carbons (Fsp3) is 0.286. The summed E-state index contributed by atoms with van der Waals surface area (Å²) in [5.74, 6) is 0.0814. The van der Waals surface area contributed by atoms with Crippen LogP contribution in [0.5, 0.6) is 0 Å². The van der Waals surface area contributed by atoms with Crippen LogP contribution in [0.25, 0.3) is 0 Å². The van der Waals surface area contributed by atoms with Crippen LogP contribution in [0, 0.1) is 10.1 Å². The van der Waals surface area contributed by atoms with Crippen molar-refractivity contribution in [3.8, 4) is 0 Å². The molecule has 2 aliphatic heterocycles. The SMILES string of the molecule is O=C(NC1C=CN2C(=O)C[C@H]2S1)OCc1ccc([N+](=O)[O-])cc1. The maximum absolute atomic E-state index is 11.8. The lowest BCUT2D eigenvalue weighted by molar-refractivity contribution is -0.384. The summed E-state index contributed by atoms with van der Waals surface area (Å²) >= 11 is 1.47. The predicted molar refractivity (Wildman–Crippen MR) is 82.2 cm³/mol. The number of rotatable bonds is 4. The molecule has 8 nitrogen and oxygen atoms in total. The normalized spacial score (nSPS) is 22.1.